The van der Waals surface area contributed by atoms with Crippen molar-refractivity contribution in [1.29, 1.82) is 0 Å². The molecule has 2 rings (SSSR count). The first-order valence-electron chi connectivity index (χ1n) is 6.06. The fraction of sp³-hybridized carbons (Fsp3) is 0.308. The van der Waals surface area contributed by atoms with E-state index in [1.165, 1.54) is 17.0 Å². The third kappa shape index (κ3) is 2.94. The predicted octanol–water partition coefficient (Wildman–Crippen LogP) is 0.497. The lowest BCUT2D eigenvalue weighted by Gasteiger charge is -2.07. The van der Waals surface area contributed by atoms with Gasteiger partial charge in [-0.3, -0.25) is 4.79 Å². The van der Waals surface area contributed by atoms with Crippen molar-refractivity contribution in [3.8, 4) is 0 Å². The maximum Gasteiger partial charge on any atom is 0.337 e. The van der Waals surface area contributed by atoms with Crippen LogP contribution in [0.2, 0.25) is 0 Å². The molecule has 0 bridgehead atoms. The summed E-state index contributed by atoms with van der Waals surface area (Å²) in [5, 5.41) is 11.9. The van der Waals surface area contributed by atoms with Crippen LogP contribution in [0.15, 0.2) is 24.5 Å². The number of fused-ring (bicyclic) bond motifs is 1. The molecule has 0 aliphatic rings. The molecule has 7 heteroatoms. The Hall–Kier alpha value is -2.41. The Morgan fingerprint density at radius 3 is 2.95 bits per heavy atom. The lowest BCUT2D eigenvalue weighted by Crippen LogP contribution is -2.30. The summed E-state index contributed by atoms with van der Waals surface area (Å²) in [6, 6.07) is 4.83. The fourth-order valence-electron chi connectivity index (χ4n) is 1.92. The minimum atomic E-state index is -1.04. The predicted molar refractivity (Wildman–Crippen MR) is 71.6 cm³/mol. The number of ether oxygens (including phenoxy) is 1. The van der Waals surface area contributed by atoms with Crippen LogP contribution in [0, 0.1) is 0 Å². The SMILES string of the molecule is COCCNC(=O)Cn1cnc2cccc(C(=O)O)c21. The molecule has 0 saturated carbocycles. The minimum Gasteiger partial charge on any atom is -0.478 e. The Bertz CT molecular complexity index is 636. The van der Waals surface area contributed by atoms with Gasteiger partial charge in [0, 0.05) is 13.7 Å². The van der Waals surface area contributed by atoms with Gasteiger partial charge in [0.2, 0.25) is 5.91 Å². The summed E-state index contributed by atoms with van der Waals surface area (Å²) in [5.74, 6) is -1.27. The van der Waals surface area contributed by atoms with Crippen LogP contribution in [0.25, 0.3) is 11.0 Å². The van der Waals surface area contributed by atoms with Crippen LogP contribution in [0.3, 0.4) is 0 Å². The number of aromatic nitrogens is 2. The lowest BCUT2D eigenvalue weighted by atomic mass is 10.2. The quantitative estimate of drug-likeness (QED) is 0.750. The van der Waals surface area contributed by atoms with Gasteiger partial charge < -0.3 is 19.7 Å². The zero-order valence-electron chi connectivity index (χ0n) is 11.0. The highest BCUT2D eigenvalue weighted by atomic mass is 16.5. The molecule has 0 fully saturated rings. The number of hydrogen-bond acceptors (Lipinski definition) is 4. The maximum absolute atomic E-state index is 11.7. The maximum atomic E-state index is 11.7. The second-order valence-corrected chi connectivity index (χ2v) is 4.19. The number of methoxy groups -OCH3 is 1. The average molecular weight is 277 g/mol. The molecule has 1 amide bonds. The Morgan fingerprint density at radius 2 is 2.25 bits per heavy atom. The Balaban J connectivity index is 2.22. The van der Waals surface area contributed by atoms with E-state index in [2.05, 4.69) is 10.3 Å². The number of para-hydroxylation sites is 1. The van der Waals surface area contributed by atoms with Crippen LogP contribution in [-0.4, -0.2) is 46.8 Å². The van der Waals surface area contributed by atoms with Crippen molar-refractivity contribution in [2.75, 3.05) is 20.3 Å². The van der Waals surface area contributed by atoms with E-state index in [0.717, 1.165) is 0 Å². The van der Waals surface area contributed by atoms with Crippen LogP contribution in [0.1, 0.15) is 10.4 Å². The number of carboxylic acids is 1. The summed E-state index contributed by atoms with van der Waals surface area (Å²) in [4.78, 5) is 27.1. The Morgan fingerprint density at radius 1 is 1.45 bits per heavy atom. The molecule has 2 aromatic rings. The van der Waals surface area contributed by atoms with E-state index < -0.39 is 5.97 Å². The van der Waals surface area contributed by atoms with Gasteiger partial charge in [-0.25, -0.2) is 9.78 Å². The van der Waals surface area contributed by atoms with Gasteiger partial charge >= 0.3 is 5.97 Å². The standard InChI is InChI=1S/C13H15N3O4/c1-20-6-5-14-11(17)7-16-8-15-10-4-2-3-9(12(10)16)13(18)19/h2-4,8H,5-7H2,1H3,(H,14,17)(H,18,19). The van der Waals surface area contributed by atoms with Crippen LogP contribution < -0.4 is 5.32 Å². The summed E-state index contributed by atoms with van der Waals surface area (Å²) in [6.07, 6.45) is 1.47. The largest absolute Gasteiger partial charge is 0.478 e. The number of carboxylic acid groups (broad SMARTS) is 1. The summed E-state index contributed by atoms with van der Waals surface area (Å²) >= 11 is 0. The summed E-state index contributed by atoms with van der Waals surface area (Å²) in [6.45, 7) is 0.856. The number of amides is 1. The fourth-order valence-corrected chi connectivity index (χ4v) is 1.92. The van der Waals surface area contributed by atoms with E-state index in [0.29, 0.717) is 24.2 Å². The molecule has 0 unspecified atom stereocenters. The van der Waals surface area contributed by atoms with Crippen LogP contribution in [-0.2, 0) is 16.1 Å². The Labute approximate surface area is 115 Å². The second kappa shape index (κ2) is 6.16. The van der Waals surface area contributed by atoms with Crippen LogP contribution in [0.5, 0.6) is 0 Å². The van der Waals surface area contributed by atoms with Gasteiger partial charge in [0.25, 0.3) is 0 Å². The molecule has 1 aromatic heterocycles. The van der Waals surface area contributed by atoms with Crippen molar-refractivity contribution in [2.24, 2.45) is 0 Å². The molecule has 20 heavy (non-hydrogen) atoms. The van der Waals surface area contributed by atoms with Gasteiger partial charge in [0.05, 0.1) is 29.5 Å². The number of hydrogen-bond donors (Lipinski definition) is 2. The molecule has 0 aliphatic carbocycles. The van der Waals surface area contributed by atoms with Gasteiger partial charge in [-0.15, -0.1) is 0 Å². The zero-order valence-corrected chi connectivity index (χ0v) is 11.0. The van der Waals surface area contributed by atoms with Crippen molar-refractivity contribution in [1.82, 2.24) is 14.9 Å². The summed E-state index contributed by atoms with van der Waals surface area (Å²) in [7, 11) is 1.55. The molecule has 0 radical (unpaired) electrons. The van der Waals surface area contributed by atoms with Crippen molar-refractivity contribution < 1.29 is 19.4 Å². The van der Waals surface area contributed by atoms with E-state index in [9.17, 15) is 14.7 Å². The van der Waals surface area contributed by atoms with Gasteiger partial charge in [-0.05, 0) is 12.1 Å². The smallest absolute Gasteiger partial charge is 0.337 e. The number of imidazole rings is 1. The van der Waals surface area contributed by atoms with Crippen molar-refractivity contribution >= 4 is 22.9 Å². The molecule has 7 nitrogen and oxygen atoms in total. The van der Waals surface area contributed by atoms with E-state index in [-0.39, 0.29) is 18.0 Å². The molecule has 0 spiro atoms. The van der Waals surface area contributed by atoms with Crippen molar-refractivity contribution in [3.63, 3.8) is 0 Å². The van der Waals surface area contributed by atoms with Gasteiger partial charge in [0.1, 0.15) is 6.54 Å². The third-order valence-corrected chi connectivity index (χ3v) is 2.81. The lowest BCUT2D eigenvalue weighted by molar-refractivity contribution is -0.121. The van der Waals surface area contributed by atoms with Crippen LogP contribution >= 0.6 is 0 Å². The van der Waals surface area contributed by atoms with E-state index >= 15 is 0 Å². The highest BCUT2D eigenvalue weighted by molar-refractivity contribution is 6.01. The molecule has 2 N–H and O–H groups in total. The molecule has 0 saturated heterocycles. The third-order valence-electron chi connectivity index (χ3n) is 2.81. The molecule has 0 atom stereocenters. The highest BCUT2D eigenvalue weighted by Crippen LogP contribution is 2.17. The van der Waals surface area contributed by atoms with E-state index in [4.69, 9.17) is 4.74 Å². The van der Waals surface area contributed by atoms with Gasteiger partial charge in [0.15, 0.2) is 0 Å². The van der Waals surface area contributed by atoms with E-state index in [1.54, 1.807) is 19.2 Å². The number of nitrogens with zero attached hydrogens (tertiary/aromatic N) is 2. The van der Waals surface area contributed by atoms with Crippen LogP contribution in [0.4, 0.5) is 0 Å². The number of rotatable bonds is 6. The molecule has 1 heterocycles. The van der Waals surface area contributed by atoms with Gasteiger partial charge in [-0.2, -0.15) is 0 Å². The second-order valence-electron chi connectivity index (χ2n) is 4.19. The molecule has 106 valence electrons. The van der Waals surface area contributed by atoms with Crippen molar-refractivity contribution in [2.45, 2.75) is 6.54 Å². The first kappa shape index (κ1) is 14.0. The van der Waals surface area contributed by atoms with E-state index in [1.807, 2.05) is 0 Å². The number of nitrogens with one attached hydrogen (secondary N) is 1. The normalized spacial score (nSPS) is 10.7. The summed E-state index contributed by atoms with van der Waals surface area (Å²) < 4.78 is 6.37. The number of aromatic carboxylic acids is 1. The number of carbonyl (C=O) groups is 2. The first-order valence-corrected chi connectivity index (χ1v) is 6.06. The average Bonchev–Trinajstić information content (AvgIpc) is 2.82. The highest BCUT2D eigenvalue weighted by Gasteiger charge is 2.14. The Kier molecular flexibility index (Phi) is 4.31. The molecular formula is C13H15N3O4. The number of benzene rings is 1. The minimum absolute atomic E-state index is 0.0184. The van der Waals surface area contributed by atoms with Crippen molar-refractivity contribution in [3.05, 3.63) is 30.1 Å². The first-order chi connectivity index (χ1) is 9.63. The topological polar surface area (TPSA) is 93.5 Å². The molecule has 1 aromatic carbocycles. The summed E-state index contributed by atoms with van der Waals surface area (Å²) in [5.41, 5.74) is 1.13. The van der Waals surface area contributed by atoms with Gasteiger partial charge in [-0.1, -0.05) is 6.07 Å². The zero-order chi connectivity index (χ0) is 14.5. The molecule has 0 aliphatic heterocycles. The molecular weight excluding hydrogens is 262 g/mol. The number of carbonyl (C=O) groups excluding carboxylic acids is 1. The monoisotopic (exact) mass is 277 g/mol.